The van der Waals surface area contributed by atoms with Gasteiger partial charge >= 0.3 is 0 Å². The maximum absolute atomic E-state index is 13.7. The molecule has 3 nitrogen and oxygen atoms in total. The van der Waals surface area contributed by atoms with Gasteiger partial charge < -0.3 is 5.73 Å². The topological polar surface area (TPSA) is 64.1 Å². The average Bonchev–Trinajstić information content (AvgIpc) is 2.36. The van der Waals surface area contributed by atoms with Crippen LogP contribution in [0.15, 0.2) is 36.4 Å². The normalized spacial score (nSPS) is 12.4. The third-order valence-electron chi connectivity index (χ3n) is 2.80. The van der Waals surface area contributed by atoms with E-state index in [2.05, 4.69) is 5.43 Å². The summed E-state index contributed by atoms with van der Waals surface area (Å²) in [7, 11) is 0. The lowest BCUT2D eigenvalue weighted by Crippen LogP contribution is -2.30. The zero-order chi connectivity index (χ0) is 14.0. The van der Waals surface area contributed by atoms with E-state index in [1.165, 1.54) is 18.2 Å². The predicted molar refractivity (Wildman–Crippen MR) is 66.3 cm³/mol. The van der Waals surface area contributed by atoms with E-state index >= 15 is 0 Å². The molecule has 19 heavy (non-hydrogen) atoms. The summed E-state index contributed by atoms with van der Waals surface area (Å²) in [5.41, 5.74) is 8.71. The summed E-state index contributed by atoms with van der Waals surface area (Å²) in [6, 6.07) is 5.90. The maximum Gasteiger partial charge on any atom is 0.131 e. The van der Waals surface area contributed by atoms with Crippen molar-refractivity contribution >= 4 is 5.69 Å². The van der Waals surface area contributed by atoms with E-state index in [1.54, 1.807) is 0 Å². The molecule has 0 saturated carbocycles. The second-order valence-corrected chi connectivity index (χ2v) is 4.04. The first-order valence-electron chi connectivity index (χ1n) is 5.49. The smallest absolute Gasteiger partial charge is 0.131 e. The summed E-state index contributed by atoms with van der Waals surface area (Å²) in [4.78, 5) is 0. The van der Waals surface area contributed by atoms with Crippen LogP contribution in [0, 0.1) is 17.5 Å². The van der Waals surface area contributed by atoms with Crippen LogP contribution in [0.4, 0.5) is 18.9 Å². The Hall–Kier alpha value is -2.05. The van der Waals surface area contributed by atoms with Gasteiger partial charge in [0.15, 0.2) is 0 Å². The van der Waals surface area contributed by atoms with Crippen molar-refractivity contribution in [2.24, 2.45) is 5.84 Å². The van der Waals surface area contributed by atoms with Gasteiger partial charge in [-0.2, -0.15) is 0 Å². The summed E-state index contributed by atoms with van der Waals surface area (Å²) in [6.07, 6.45) is 0. The quantitative estimate of drug-likeness (QED) is 0.454. The molecule has 2 rings (SSSR count). The Bertz CT molecular complexity index is 602. The van der Waals surface area contributed by atoms with Crippen molar-refractivity contribution in [3.63, 3.8) is 0 Å². The highest BCUT2D eigenvalue weighted by atomic mass is 19.1. The molecular weight excluding hydrogens is 255 g/mol. The second kappa shape index (κ2) is 5.29. The minimum absolute atomic E-state index is 0.0844. The lowest BCUT2D eigenvalue weighted by Gasteiger charge is -2.19. The first-order chi connectivity index (χ1) is 9.02. The van der Waals surface area contributed by atoms with Crippen molar-refractivity contribution in [2.75, 3.05) is 5.73 Å². The number of anilines is 1. The Morgan fingerprint density at radius 3 is 2.16 bits per heavy atom. The highest BCUT2D eigenvalue weighted by Crippen LogP contribution is 2.28. The molecule has 0 aliphatic carbocycles. The highest BCUT2D eigenvalue weighted by Gasteiger charge is 2.19. The molecule has 0 radical (unpaired) electrons. The Kier molecular flexibility index (Phi) is 3.73. The number of rotatable bonds is 3. The van der Waals surface area contributed by atoms with Crippen LogP contribution in [0.1, 0.15) is 17.2 Å². The lowest BCUT2D eigenvalue weighted by atomic mass is 9.97. The minimum Gasteiger partial charge on any atom is -0.398 e. The van der Waals surface area contributed by atoms with E-state index in [9.17, 15) is 13.2 Å². The van der Waals surface area contributed by atoms with Gasteiger partial charge in [0, 0.05) is 22.9 Å². The molecule has 0 aromatic heterocycles. The summed E-state index contributed by atoms with van der Waals surface area (Å²) < 4.78 is 39.9. The Labute approximate surface area is 108 Å². The van der Waals surface area contributed by atoms with Crippen molar-refractivity contribution in [3.05, 3.63) is 65.0 Å². The van der Waals surface area contributed by atoms with E-state index in [4.69, 9.17) is 11.6 Å². The van der Waals surface area contributed by atoms with E-state index in [0.717, 1.165) is 18.2 Å². The van der Waals surface area contributed by atoms with Gasteiger partial charge in [-0.05, 0) is 24.3 Å². The van der Waals surface area contributed by atoms with E-state index in [-0.39, 0.29) is 16.8 Å². The highest BCUT2D eigenvalue weighted by molar-refractivity contribution is 5.51. The number of halogens is 3. The number of nitrogens with two attached hydrogens (primary N) is 2. The van der Waals surface area contributed by atoms with Gasteiger partial charge in [-0.25, -0.2) is 18.6 Å². The van der Waals surface area contributed by atoms with Gasteiger partial charge in [-0.3, -0.25) is 5.84 Å². The molecule has 100 valence electrons. The molecule has 2 aromatic rings. The number of nitrogen functional groups attached to an aromatic ring is 1. The van der Waals surface area contributed by atoms with Crippen LogP contribution in [-0.2, 0) is 0 Å². The molecular formula is C13H12F3N3. The SMILES string of the molecule is NNC(c1cc(F)ccc1N)c1ccc(F)cc1F. The van der Waals surface area contributed by atoms with Crippen LogP contribution < -0.4 is 17.0 Å². The van der Waals surface area contributed by atoms with Crippen molar-refractivity contribution in [1.82, 2.24) is 5.43 Å². The predicted octanol–water partition coefficient (Wildman–Crippen LogP) is 2.24. The van der Waals surface area contributed by atoms with Crippen molar-refractivity contribution < 1.29 is 13.2 Å². The van der Waals surface area contributed by atoms with Crippen LogP contribution in [0.3, 0.4) is 0 Å². The summed E-state index contributed by atoms with van der Waals surface area (Å²) in [5, 5.41) is 0. The molecule has 1 atom stereocenters. The molecule has 6 heteroatoms. The van der Waals surface area contributed by atoms with Gasteiger partial charge in [-0.15, -0.1) is 0 Å². The first kappa shape index (κ1) is 13.4. The van der Waals surface area contributed by atoms with Crippen LogP contribution in [-0.4, -0.2) is 0 Å². The molecule has 0 aliphatic heterocycles. The van der Waals surface area contributed by atoms with Crippen LogP contribution in [0.2, 0.25) is 0 Å². The molecule has 0 amide bonds. The third kappa shape index (κ3) is 2.69. The summed E-state index contributed by atoms with van der Waals surface area (Å²) in [6.45, 7) is 0. The number of hydrogen-bond donors (Lipinski definition) is 3. The molecule has 0 fully saturated rings. The van der Waals surface area contributed by atoms with Crippen LogP contribution in [0.25, 0.3) is 0 Å². The van der Waals surface area contributed by atoms with E-state index in [1.807, 2.05) is 0 Å². The molecule has 0 spiro atoms. The van der Waals surface area contributed by atoms with E-state index in [0.29, 0.717) is 0 Å². The van der Waals surface area contributed by atoms with Gasteiger partial charge in [0.1, 0.15) is 17.5 Å². The largest absolute Gasteiger partial charge is 0.398 e. The standard InChI is InChI=1S/C13H12F3N3/c14-7-2-4-12(17)10(5-7)13(19-18)9-3-1-8(15)6-11(9)16/h1-6,13,19H,17-18H2. The van der Waals surface area contributed by atoms with Crippen LogP contribution in [0.5, 0.6) is 0 Å². The van der Waals surface area contributed by atoms with Crippen molar-refractivity contribution in [2.45, 2.75) is 6.04 Å². The zero-order valence-electron chi connectivity index (χ0n) is 9.83. The number of nitrogens with one attached hydrogen (secondary N) is 1. The maximum atomic E-state index is 13.7. The molecule has 5 N–H and O–H groups in total. The Morgan fingerprint density at radius 2 is 1.53 bits per heavy atom. The van der Waals surface area contributed by atoms with Gasteiger partial charge in [0.2, 0.25) is 0 Å². The van der Waals surface area contributed by atoms with Gasteiger partial charge in [0.05, 0.1) is 6.04 Å². The van der Waals surface area contributed by atoms with Crippen molar-refractivity contribution in [3.8, 4) is 0 Å². The van der Waals surface area contributed by atoms with Crippen LogP contribution >= 0.6 is 0 Å². The lowest BCUT2D eigenvalue weighted by molar-refractivity contribution is 0.539. The molecule has 2 aromatic carbocycles. The molecule has 0 bridgehead atoms. The fourth-order valence-electron chi connectivity index (χ4n) is 1.88. The average molecular weight is 267 g/mol. The summed E-state index contributed by atoms with van der Waals surface area (Å²) >= 11 is 0. The van der Waals surface area contributed by atoms with Gasteiger partial charge in [-0.1, -0.05) is 6.07 Å². The monoisotopic (exact) mass is 267 g/mol. The number of benzene rings is 2. The molecule has 0 heterocycles. The minimum atomic E-state index is -0.865. The second-order valence-electron chi connectivity index (χ2n) is 4.04. The molecule has 0 saturated heterocycles. The fraction of sp³-hybridized carbons (Fsp3) is 0.0769. The number of hydrogen-bond acceptors (Lipinski definition) is 3. The zero-order valence-corrected chi connectivity index (χ0v) is 9.83. The number of hydrazine groups is 1. The fourth-order valence-corrected chi connectivity index (χ4v) is 1.88. The van der Waals surface area contributed by atoms with Crippen molar-refractivity contribution in [1.29, 1.82) is 0 Å². The Morgan fingerprint density at radius 1 is 0.895 bits per heavy atom. The van der Waals surface area contributed by atoms with E-state index < -0.39 is 23.5 Å². The first-order valence-corrected chi connectivity index (χ1v) is 5.49. The third-order valence-corrected chi connectivity index (χ3v) is 2.80. The Balaban J connectivity index is 2.52. The molecule has 0 aliphatic rings. The van der Waals surface area contributed by atoms with Gasteiger partial charge in [0.25, 0.3) is 0 Å². The summed E-state index contributed by atoms with van der Waals surface area (Å²) in [5.74, 6) is 3.36. The molecule has 1 unspecified atom stereocenters.